The van der Waals surface area contributed by atoms with Crippen LogP contribution in [0, 0.1) is 5.92 Å². The number of aldehydes is 1. The molecule has 1 nitrogen and oxygen atoms in total. The molecule has 0 amide bonds. The summed E-state index contributed by atoms with van der Waals surface area (Å²) in [7, 11) is 0. The van der Waals surface area contributed by atoms with E-state index in [1.807, 2.05) is 13.0 Å². The van der Waals surface area contributed by atoms with Crippen molar-refractivity contribution in [2.45, 2.75) is 39.5 Å². The van der Waals surface area contributed by atoms with E-state index in [2.05, 4.69) is 19.6 Å². The van der Waals surface area contributed by atoms with E-state index >= 15 is 0 Å². The maximum absolute atomic E-state index is 10.6. The molecule has 0 heterocycles. The molecule has 0 aromatic heterocycles. The average molecular weight is 180 g/mol. The van der Waals surface area contributed by atoms with Gasteiger partial charge in [0.1, 0.15) is 6.29 Å². The highest BCUT2D eigenvalue weighted by Crippen LogP contribution is 2.15. The zero-order valence-electron chi connectivity index (χ0n) is 8.75. The quantitative estimate of drug-likeness (QED) is 0.333. The van der Waals surface area contributed by atoms with E-state index in [0.29, 0.717) is 5.92 Å². The second-order valence-electron chi connectivity index (χ2n) is 3.29. The van der Waals surface area contributed by atoms with E-state index in [9.17, 15) is 4.79 Å². The third kappa shape index (κ3) is 5.40. The Labute approximate surface area is 81.5 Å². The van der Waals surface area contributed by atoms with Gasteiger partial charge >= 0.3 is 0 Å². The van der Waals surface area contributed by atoms with Crippen molar-refractivity contribution in [3.05, 3.63) is 24.3 Å². The van der Waals surface area contributed by atoms with Gasteiger partial charge in [-0.2, -0.15) is 0 Å². The smallest absolute Gasteiger partial charge is 0.145 e. The van der Waals surface area contributed by atoms with Crippen LogP contribution in [-0.2, 0) is 4.79 Å². The highest BCUT2D eigenvalue weighted by molar-refractivity contribution is 5.72. The minimum Gasteiger partial charge on any atom is -0.298 e. The molecule has 0 spiro atoms. The molecule has 0 aliphatic rings. The summed E-state index contributed by atoms with van der Waals surface area (Å²) in [5.41, 5.74) is 0.917. The summed E-state index contributed by atoms with van der Waals surface area (Å²) in [6.07, 6.45) is 9.10. The molecule has 0 aromatic rings. The van der Waals surface area contributed by atoms with Crippen LogP contribution in [0.3, 0.4) is 0 Å². The molecule has 0 fully saturated rings. The first-order valence-electron chi connectivity index (χ1n) is 5.05. The molecule has 0 radical (unpaired) electrons. The SMILES string of the molecule is C=CCC(C=C(C=O)CC)CCC. The van der Waals surface area contributed by atoms with Crippen LogP contribution in [0.1, 0.15) is 39.5 Å². The number of carbonyl (C=O) groups is 1. The molecule has 1 unspecified atom stereocenters. The molecule has 0 rings (SSSR count). The van der Waals surface area contributed by atoms with Crippen molar-refractivity contribution in [1.29, 1.82) is 0 Å². The van der Waals surface area contributed by atoms with Crippen molar-refractivity contribution in [3.63, 3.8) is 0 Å². The van der Waals surface area contributed by atoms with Crippen LogP contribution < -0.4 is 0 Å². The fourth-order valence-electron chi connectivity index (χ4n) is 1.40. The Morgan fingerprint density at radius 1 is 1.46 bits per heavy atom. The van der Waals surface area contributed by atoms with Crippen LogP contribution in [0.15, 0.2) is 24.3 Å². The van der Waals surface area contributed by atoms with Crippen LogP contribution >= 0.6 is 0 Å². The van der Waals surface area contributed by atoms with Crippen LogP contribution in [0.25, 0.3) is 0 Å². The lowest BCUT2D eigenvalue weighted by Gasteiger charge is -2.09. The van der Waals surface area contributed by atoms with Crippen molar-refractivity contribution < 1.29 is 4.79 Å². The van der Waals surface area contributed by atoms with Gasteiger partial charge in [-0.15, -0.1) is 6.58 Å². The summed E-state index contributed by atoms with van der Waals surface area (Å²) in [6.45, 7) is 7.90. The lowest BCUT2D eigenvalue weighted by molar-refractivity contribution is -0.105. The number of hydrogen-bond donors (Lipinski definition) is 0. The Bertz CT molecular complexity index is 180. The van der Waals surface area contributed by atoms with Gasteiger partial charge < -0.3 is 0 Å². The number of allylic oxidation sites excluding steroid dienone is 3. The Balaban J connectivity index is 4.25. The van der Waals surface area contributed by atoms with Gasteiger partial charge in [-0.3, -0.25) is 4.79 Å². The van der Waals surface area contributed by atoms with Crippen LogP contribution in [0.5, 0.6) is 0 Å². The first kappa shape index (κ1) is 12.2. The van der Waals surface area contributed by atoms with Gasteiger partial charge in [0, 0.05) is 0 Å². The Morgan fingerprint density at radius 3 is 2.54 bits per heavy atom. The molecule has 0 aliphatic carbocycles. The number of carbonyl (C=O) groups excluding carboxylic acids is 1. The fourth-order valence-corrected chi connectivity index (χ4v) is 1.40. The van der Waals surface area contributed by atoms with Gasteiger partial charge in [0.2, 0.25) is 0 Å². The van der Waals surface area contributed by atoms with E-state index in [0.717, 1.165) is 37.5 Å². The van der Waals surface area contributed by atoms with Crippen LogP contribution in [0.2, 0.25) is 0 Å². The van der Waals surface area contributed by atoms with Crippen LogP contribution in [0.4, 0.5) is 0 Å². The molecule has 0 saturated heterocycles. The van der Waals surface area contributed by atoms with Gasteiger partial charge in [0.25, 0.3) is 0 Å². The summed E-state index contributed by atoms with van der Waals surface area (Å²) in [5.74, 6) is 0.502. The lowest BCUT2D eigenvalue weighted by atomic mass is 9.96. The minimum atomic E-state index is 0.502. The molecule has 0 aromatic carbocycles. The topological polar surface area (TPSA) is 17.1 Å². The van der Waals surface area contributed by atoms with Gasteiger partial charge in [0.05, 0.1) is 0 Å². The molecule has 0 saturated carbocycles. The summed E-state index contributed by atoms with van der Waals surface area (Å²) in [4.78, 5) is 10.6. The summed E-state index contributed by atoms with van der Waals surface area (Å²) >= 11 is 0. The Hall–Kier alpha value is -0.850. The fraction of sp³-hybridized carbons (Fsp3) is 0.583. The molecule has 0 aliphatic heterocycles. The first-order chi connectivity index (χ1) is 6.28. The van der Waals surface area contributed by atoms with Gasteiger partial charge in [-0.1, -0.05) is 32.4 Å². The van der Waals surface area contributed by atoms with E-state index in [-0.39, 0.29) is 0 Å². The Morgan fingerprint density at radius 2 is 2.15 bits per heavy atom. The predicted octanol–water partition coefficient (Wildman–Crippen LogP) is 3.51. The van der Waals surface area contributed by atoms with Crippen LogP contribution in [-0.4, -0.2) is 6.29 Å². The van der Waals surface area contributed by atoms with Crippen molar-refractivity contribution in [2.24, 2.45) is 5.92 Å². The largest absolute Gasteiger partial charge is 0.298 e. The zero-order valence-corrected chi connectivity index (χ0v) is 8.75. The summed E-state index contributed by atoms with van der Waals surface area (Å²) in [5, 5.41) is 0. The molecule has 13 heavy (non-hydrogen) atoms. The monoisotopic (exact) mass is 180 g/mol. The van der Waals surface area contributed by atoms with E-state index in [1.54, 1.807) is 0 Å². The van der Waals surface area contributed by atoms with Crippen molar-refractivity contribution >= 4 is 6.29 Å². The van der Waals surface area contributed by atoms with Crippen molar-refractivity contribution in [3.8, 4) is 0 Å². The average Bonchev–Trinajstić information content (AvgIpc) is 2.14. The molecular formula is C12H20O. The van der Waals surface area contributed by atoms with E-state index < -0.39 is 0 Å². The molecular weight excluding hydrogens is 160 g/mol. The maximum atomic E-state index is 10.6. The lowest BCUT2D eigenvalue weighted by Crippen LogP contribution is -1.97. The van der Waals surface area contributed by atoms with E-state index in [1.165, 1.54) is 0 Å². The van der Waals surface area contributed by atoms with Crippen molar-refractivity contribution in [1.82, 2.24) is 0 Å². The number of hydrogen-bond acceptors (Lipinski definition) is 1. The summed E-state index contributed by atoms with van der Waals surface area (Å²) < 4.78 is 0. The zero-order chi connectivity index (χ0) is 10.1. The standard InChI is InChI=1S/C12H20O/c1-4-7-12(8-5-2)9-11(6-3)10-13/h4,9-10,12H,1,5-8H2,2-3H3. The third-order valence-corrected chi connectivity index (χ3v) is 2.14. The molecule has 1 atom stereocenters. The normalized spacial score (nSPS) is 13.8. The first-order valence-corrected chi connectivity index (χ1v) is 5.05. The molecule has 74 valence electrons. The Kier molecular flexibility index (Phi) is 7.27. The third-order valence-electron chi connectivity index (χ3n) is 2.14. The van der Waals surface area contributed by atoms with Gasteiger partial charge in [0.15, 0.2) is 0 Å². The molecule has 0 bridgehead atoms. The maximum Gasteiger partial charge on any atom is 0.145 e. The second kappa shape index (κ2) is 7.78. The summed E-state index contributed by atoms with van der Waals surface area (Å²) in [6, 6.07) is 0. The predicted molar refractivity (Wildman–Crippen MR) is 57.7 cm³/mol. The second-order valence-corrected chi connectivity index (χ2v) is 3.29. The molecule has 1 heteroatoms. The highest BCUT2D eigenvalue weighted by atomic mass is 16.1. The van der Waals surface area contributed by atoms with Gasteiger partial charge in [-0.25, -0.2) is 0 Å². The van der Waals surface area contributed by atoms with Gasteiger partial charge in [-0.05, 0) is 30.8 Å². The minimum absolute atomic E-state index is 0.502. The van der Waals surface area contributed by atoms with E-state index in [4.69, 9.17) is 0 Å². The highest BCUT2D eigenvalue weighted by Gasteiger charge is 2.03. The van der Waals surface area contributed by atoms with Crippen molar-refractivity contribution in [2.75, 3.05) is 0 Å². The number of rotatable bonds is 7. The molecule has 0 N–H and O–H groups in total.